The summed E-state index contributed by atoms with van der Waals surface area (Å²) in [5.74, 6) is 0. The maximum atomic E-state index is 9.03. The lowest BCUT2D eigenvalue weighted by Gasteiger charge is -2.18. The van der Waals surface area contributed by atoms with Gasteiger partial charge in [-0.3, -0.25) is 0 Å². The van der Waals surface area contributed by atoms with Gasteiger partial charge in [-0.15, -0.1) is 0 Å². The first-order valence-corrected chi connectivity index (χ1v) is 6.16. The summed E-state index contributed by atoms with van der Waals surface area (Å²) < 4.78 is 1.21. The van der Waals surface area contributed by atoms with Gasteiger partial charge in [0.1, 0.15) is 0 Å². The molecule has 0 radical (unpaired) electrons. The summed E-state index contributed by atoms with van der Waals surface area (Å²) in [4.78, 5) is 0. The third-order valence-corrected chi connectivity index (χ3v) is 3.72. The molecule has 2 rings (SSSR count). The number of aliphatic hydroxyl groups is 1. The molecule has 0 fully saturated rings. The number of nitrogens with one attached hydrogen (secondary N) is 1. The Morgan fingerprint density at radius 1 is 1.60 bits per heavy atom. The van der Waals surface area contributed by atoms with Crippen molar-refractivity contribution in [1.29, 1.82) is 0 Å². The van der Waals surface area contributed by atoms with Crippen LogP contribution in [0, 0.1) is 0 Å². The van der Waals surface area contributed by atoms with Gasteiger partial charge in [0.05, 0.1) is 6.61 Å². The fourth-order valence-electron chi connectivity index (χ4n) is 2.18. The highest BCUT2D eigenvalue weighted by Gasteiger charge is 2.24. The van der Waals surface area contributed by atoms with Crippen molar-refractivity contribution >= 4 is 15.9 Å². The summed E-state index contributed by atoms with van der Waals surface area (Å²) >= 11 is 3.58. The molecule has 0 saturated carbocycles. The number of benzene rings is 1. The standard InChI is InChI=1S/C12H16BrNO/c1-8(7-15)14-12-6-5-9-10(12)3-2-4-11(9)13/h2-4,8,12,14-15H,5-7H2,1H3/t8-,12?/m0/s1. The second-order valence-corrected chi connectivity index (χ2v) is 5.00. The van der Waals surface area contributed by atoms with E-state index in [-0.39, 0.29) is 12.6 Å². The van der Waals surface area contributed by atoms with Crippen molar-refractivity contribution in [2.45, 2.75) is 31.8 Å². The van der Waals surface area contributed by atoms with Gasteiger partial charge in [-0.05, 0) is 37.0 Å². The first-order valence-electron chi connectivity index (χ1n) is 5.36. The van der Waals surface area contributed by atoms with Crippen molar-refractivity contribution in [1.82, 2.24) is 5.32 Å². The molecule has 1 aromatic rings. The van der Waals surface area contributed by atoms with Gasteiger partial charge in [0.15, 0.2) is 0 Å². The molecule has 1 aliphatic carbocycles. The van der Waals surface area contributed by atoms with Crippen LogP contribution in [0.2, 0.25) is 0 Å². The smallest absolute Gasteiger partial charge is 0.0582 e. The van der Waals surface area contributed by atoms with E-state index in [2.05, 4.69) is 39.4 Å². The van der Waals surface area contributed by atoms with Crippen molar-refractivity contribution in [3.8, 4) is 0 Å². The number of halogens is 1. The van der Waals surface area contributed by atoms with Gasteiger partial charge in [0.2, 0.25) is 0 Å². The Morgan fingerprint density at radius 3 is 3.13 bits per heavy atom. The SMILES string of the molecule is C[C@@H](CO)NC1CCc2c(Br)cccc21. The van der Waals surface area contributed by atoms with E-state index >= 15 is 0 Å². The third kappa shape index (κ3) is 2.25. The minimum atomic E-state index is 0.167. The summed E-state index contributed by atoms with van der Waals surface area (Å²) in [7, 11) is 0. The highest BCUT2D eigenvalue weighted by atomic mass is 79.9. The number of hydrogen-bond acceptors (Lipinski definition) is 2. The molecule has 2 nitrogen and oxygen atoms in total. The fourth-order valence-corrected chi connectivity index (χ4v) is 2.76. The normalized spacial score (nSPS) is 21.4. The van der Waals surface area contributed by atoms with Crippen LogP contribution in [0.1, 0.15) is 30.5 Å². The Labute approximate surface area is 98.8 Å². The van der Waals surface area contributed by atoms with E-state index in [4.69, 9.17) is 5.11 Å². The predicted octanol–water partition coefficient (Wildman–Crippen LogP) is 2.41. The highest BCUT2D eigenvalue weighted by Crippen LogP contribution is 2.35. The van der Waals surface area contributed by atoms with Crippen molar-refractivity contribution in [3.05, 3.63) is 33.8 Å². The molecule has 15 heavy (non-hydrogen) atoms. The molecular formula is C12H16BrNO. The third-order valence-electron chi connectivity index (χ3n) is 2.97. The van der Waals surface area contributed by atoms with E-state index in [1.807, 2.05) is 6.92 Å². The van der Waals surface area contributed by atoms with E-state index in [9.17, 15) is 0 Å². The van der Waals surface area contributed by atoms with Crippen LogP contribution in [-0.2, 0) is 6.42 Å². The molecule has 0 heterocycles. The van der Waals surface area contributed by atoms with Crippen LogP contribution < -0.4 is 5.32 Å². The largest absolute Gasteiger partial charge is 0.395 e. The molecule has 0 saturated heterocycles. The average molecular weight is 270 g/mol. The molecule has 0 bridgehead atoms. The molecule has 0 aromatic heterocycles. The van der Waals surface area contributed by atoms with E-state index in [1.54, 1.807) is 0 Å². The summed E-state index contributed by atoms with van der Waals surface area (Å²) in [5.41, 5.74) is 2.80. The first-order chi connectivity index (χ1) is 7.22. The molecule has 1 aliphatic rings. The van der Waals surface area contributed by atoms with Crippen molar-refractivity contribution in [2.24, 2.45) is 0 Å². The quantitative estimate of drug-likeness (QED) is 0.884. The summed E-state index contributed by atoms with van der Waals surface area (Å²) in [5, 5.41) is 12.5. The highest BCUT2D eigenvalue weighted by molar-refractivity contribution is 9.10. The zero-order chi connectivity index (χ0) is 10.8. The zero-order valence-electron chi connectivity index (χ0n) is 8.83. The van der Waals surface area contributed by atoms with Gasteiger partial charge in [-0.25, -0.2) is 0 Å². The first kappa shape index (κ1) is 11.1. The van der Waals surface area contributed by atoms with Crippen LogP contribution in [0.4, 0.5) is 0 Å². The maximum Gasteiger partial charge on any atom is 0.0582 e. The second kappa shape index (κ2) is 4.64. The van der Waals surface area contributed by atoms with Crippen LogP contribution in [0.3, 0.4) is 0 Å². The van der Waals surface area contributed by atoms with Gasteiger partial charge in [-0.1, -0.05) is 28.1 Å². The Hall–Kier alpha value is -0.380. The zero-order valence-corrected chi connectivity index (χ0v) is 10.4. The van der Waals surface area contributed by atoms with E-state index < -0.39 is 0 Å². The topological polar surface area (TPSA) is 32.3 Å². The van der Waals surface area contributed by atoms with Crippen LogP contribution in [0.5, 0.6) is 0 Å². The average Bonchev–Trinajstić information content (AvgIpc) is 2.63. The molecule has 2 N–H and O–H groups in total. The summed E-state index contributed by atoms with van der Waals surface area (Å²) in [6, 6.07) is 6.91. The molecule has 0 amide bonds. The Kier molecular flexibility index (Phi) is 3.44. The molecule has 0 spiro atoms. The maximum absolute atomic E-state index is 9.03. The molecule has 2 atom stereocenters. The molecule has 82 valence electrons. The van der Waals surface area contributed by atoms with Gasteiger partial charge < -0.3 is 10.4 Å². The predicted molar refractivity (Wildman–Crippen MR) is 64.9 cm³/mol. The van der Waals surface area contributed by atoms with Crippen LogP contribution in [0.15, 0.2) is 22.7 Å². The van der Waals surface area contributed by atoms with E-state index in [0.717, 1.165) is 12.8 Å². The Bertz CT molecular complexity index is 353. The molecular weight excluding hydrogens is 254 g/mol. The lowest BCUT2D eigenvalue weighted by Crippen LogP contribution is -2.32. The second-order valence-electron chi connectivity index (χ2n) is 4.15. The minimum absolute atomic E-state index is 0.167. The van der Waals surface area contributed by atoms with Crippen LogP contribution >= 0.6 is 15.9 Å². The van der Waals surface area contributed by atoms with Gasteiger partial charge >= 0.3 is 0 Å². The Morgan fingerprint density at radius 2 is 2.40 bits per heavy atom. The lowest BCUT2D eigenvalue weighted by atomic mass is 10.1. The number of aliphatic hydroxyl groups excluding tert-OH is 1. The summed E-state index contributed by atoms with van der Waals surface area (Å²) in [6.45, 7) is 2.20. The minimum Gasteiger partial charge on any atom is -0.395 e. The van der Waals surface area contributed by atoms with Gasteiger partial charge in [0.25, 0.3) is 0 Å². The fraction of sp³-hybridized carbons (Fsp3) is 0.500. The van der Waals surface area contributed by atoms with E-state index in [0.29, 0.717) is 6.04 Å². The lowest BCUT2D eigenvalue weighted by molar-refractivity contribution is 0.240. The van der Waals surface area contributed by atoms with Crippen LogP contribution in [-0.4, -0.2) is 17.8 Å². The van der Waals surface area contributed by atoms with E-state index in [1.165, 1.54) is 15.6 Å². The number of hydrogen-bond donors (Lipinski definition) is 2. The Balaban J connectivity index is 2.18. The monoisotopic (exact) mass is 269 g/mol. The van der Waals surface area contributed by atoms with Crippen molar-refractivity contribution in [3.63, 3.8) is 0 Å². The summed E-state index contributed by atoms with van der Waals surface area (Å²) in [6.07, 6.45) is 2.24. The molecule has 1 aromatic carbocycles. The van der Waals surface area contributed by atoms with Crippen LogP contribution in [0.25, 0.3) is 0 Å². The number of rotatable bonds is 3. The molecule has 0 aliphatic heterocycles. The van der Waals surface area contributed by atoms with Crippen molar-refractivity contribution in [2.75, 3.05) is 6.61 Å². The van der Waals surface area contributed by atoms with Gasteiger partial charge in [0, 0.05) is 16.6 Å². The van der Waals surface area contributed by atoms with Gasteiger partial charge in [-0.2, -0.15) is 0 Å². The number of fused-ring (bicyclic) bond motifs is 1. The molecule has 3 heteroatoms. The van der Waals surface area contributed by atoms with Crippen molar-refractivity contribution < 1.29 is 5.11 Å². The molecule has 1 unspecified atom stereocenters.